The Morgan fingerprint density at radius 2 is 1.47 bits per heavy atom. The van der Waals surface area contributed by atoms with Crippen LogP contribution in [0.5, 0.6) is 0 Å². The van der Waals surface area contributed by atoms with Gasteiger partial charge >= 0.3 is 0 Å². The van der Waals surface area contributed by atoms with E-state index < -0.39 is 0 Å². The average molecular weight is 217 g/mol. The van der Waals surface area contributed by atoms with Gasteiger partial charge in [-0.3, -0.25) is 0 Å². The first kappa shape index (κ1) is 14.9. The first-order valence-electron chi connectivity index (χ1n) is 6.28. The maximum Gasteiger partial charge on any atom is 0.157 e. The second-order valence-electron chi connectivity index (χ2n) is 3.81. The molecule has 3 heteroatoms. The van der Waals surface area contributed by atoms with E-state index in [1.807, 2.05) is 0 Å². The quantitative estimate of drug-likeness (QED) is 0.427. The lowest BCUT2D eigenvalue weighted by atomic mass is 10.3. The van der Waals surface area contributed by atoms with Gasteiger partial charge in [0.15, 0.2) is 6.29 Å². The summed E-state index contributed by atoms with van der Waals surface area (Å²) in [6, 6.07) is 0. The Hall–Kier alpha value is -0.120. The Kier molecular flexibility index (Phi) is 11.9. The predicted molar refractivity (Wildman–Crippen MR) is 63.8 cm³/mol. The molecule has 0 aliphatic carbocycles. The molecule has 0 fully saturated rings. The smallest absolute Gasteiger partial charge is 0.157 e. The SMILES string of the molecule is CCCCOC(CCCN)OCCCC. The highest BCUT2D eigenvalue weighted by atomic mass is 16.7. The fourth-order valence-electron chi connectivity index (χ4n) is 1.22. The van der Waals surface area contributed by atoms with Gasteiger partial charge in [0.05, 0.1) is 0 Å². The van der Waals surface area contributed by atoms with E-state index in [-0.39, 0.29) is 6.29 Å². The Balaban J connectivity index is 3.53. The fraction of sp³-hybridized carbons (Fsp3) is 1.00. The molecule has 0 aliphatic heterocycles. The van der Waals surface area contributed by atoms with E-state index in [1.165, 1.54) is 12.8 Å². The van der Waals surface area contributed by atoms with Crippen LogP contribution in [0.1, 0.15) is 52.4 Å². The summed E-state index contributed by atoms with van der Waals surface area (Å²) in [5, 5.41) is 0. The molecule has 3 nitrogen and oxygen atoms in total. The summed E-state index contributed by atoms with van der Waals surface area (Å²) < 4.78 is 11.3. The van der Waals surface area contributed by atoms with Crippen molar-refractivity contribution in [3.8, 4) is 0 Å². The lowest BCUT2D eigenvalue weighted by Crippen LogP contribution is -2.20. The van der Waals surface area contributed by atoms with E-state index in [0.29, 0.717) is 6.54 Å². The molecule has 0 rings (SSSR count). The van der Waals surface area contributed by atoms with E-state index in [2.05, 4.69) is 13.8 Å². The van der Waals surface area contributed by atoms with Crippen LogP contribution >= 0.6 is 0 Å². The molecule has 0 radical (unpaired) electrons. The van der Waals surface area contributed by atoms with Gasteiger partial charge in [-0.2, -0.15) is 0 Å². The average Bonchev–Trinajstić information content (AvgIpc) is 2.25. The fourth-order valence-corrected chi connectivity index (χ4v) is 1.22. The third kappa shape index (κ3) is 10.2. The maximum atomic E-state index is 5.65. The third-order valence-electron chi connectivity index (χ3n) is 2.25. The van der Waals surface area contributed by atoms with E-state index in [4.69, 9.17) is 15.2 Å². The molecule has 0 spiro atoms. The van der Waals surface area contributed by atoms with Crippen LogP contribution in [0, 0.1) is 0 Å². The second kappa shape index (κ2) is 12.0. The summed E-state index contributed by atoms with van der Waals surface area (Å²) in [5.41, 5.74) is 5.48. The number of unbranched alkanes of at least 4 members (excludes halogenated alkanes) is 2. The van der Waals surface area contributed by atoms with Crippen LogP contribution in [-0.4, -0.2) is 26.0 Å². The zero-order valence-corrected chi connectivity index (χ0v) is 10.3. The molecule has 92 valence electrons. The Bertz CT molecular complexity index is 110. The summed E-state index contributed by atoms with van der Waals surface area (Å²) in [6.07, 6.45) is 6.41. The largest absolute Gasteiger partial charge is 0.353 e. The molecule has 15 heavy (non-hydrogen) atoms. The van der Waals surface area contributed by atoms with E-state index in [9.17, 15) is 0 Å². The van der Waals surface area contributed by atoms with Gasteiger partial charge in [0.2, 0.25) is 0 Å². The molecule has 0 aliphatic rings. The minimum atomic E-state index is -0.0355. The Morgan fingerprint density at radius 1 is 0.933 bits per heavy atom. The molecule has 0 saturated heterocycles. The van der Waals surface area contributed by atoms with Gasteiger partial charge in [0.25, 0.3) is 0 Å². The third-order valence-corrected chi connectivity index (χ3v) is 2.25. The molecular weight excluding hydrogens is 190 g/mol. The summed E-state index contributed by atoms with van der Waals surface area (Å²) >= 11 is 0. The molecule has 0 aromatic carbocycles. The van der Waals surface area contributed by atoms with Gasteiger partial charge < -0.3 is 15.2 Å². The van der Waals surface area contributed by atoms with Crippen LogP contribution in [-0.2, 0) is 9.47 Å². The number of nitrogens with two attached hydrogens (primary N) is 1. The second-order valence-corrected chi connectivity index (χ2v) is 3.81. The molecule has 0 unspecified atom stereocenters. The summed E-state index contributed by atoms with van der Waals surface area (Å²) in [6.45, 7) is 6.65. The van der Waals surface area contributed by atoms with Gasteiger partial charge in [0.1, 0.15) is 0 Å². The van der Waals surface area contributed by atoms with Crippen LogP contribution in [0.3, 0.4) is 0 Å². The van der Waals surface area contributed by atoms with Crippen LogP contribution in [0.15, 0.2) is 0 Å². The zero-order chi connectivity index (χ0) is 11.4. The highest BCUT2D eigenvalue weighted by Crippen LogP contribution is 2.06. The highest BCUT2D eigenvalue weighted by Gasteiger charge is 2.07. The maximum absolute atomic E-state index is 5.65. The van der Waals surface area contributed by atoms with Crippen molar-refractivity contribution in [3.05, 3.63) is 0 Å². The summed E-state index contributed by atoms with van der Waals surface area (Å²) in [7, 11) is 0. The van der Waals surface area contributed by atoms with Crippen LogP contribution in [0.25, 0.3) is 0 Å². The van der Waals surface area contributed by atoms with E-state index in [1.54, 1.807) is 0 Å². The molecule has 0 bridgehead atoms. The molecule has 2 N–H and O–H groups in total. The lowest BCUT2D eigenvalue weighted by Gasteiger charge is -2.18. The minimum Gasteiger partial charge on any atom is -0.353 e. The van der Waals surface area contributed by atoms with Crippen molar-refractivity contribution in [1.29, 1.82) is 0 Å². The monoisotopic (exact) mass is 217 g/mol. The Labute approximate surface area is 94.3 Å². The molecule has 0 heterocycles. The number of ether oxygens (including phenoxy) is 2. The van der Waals surface area contributed by atoms with Gasteiger partial charge in [-0.15, -0.1) is 0 Å². The molecule has 0 atom stereocenters. The standard InChI is InChI=1S/C12H27NO2/c1-3-5-10-14-12(8-7-9-13)15-11-6-4-2/h12H,3-11,13H2,1-2H3. The highest BCUT2D eigenvalue weighted by molar-refractivity contribution is 4.48. The number of hydrogen-bond donors (Lipinski definition) is 1. The Morgan fingerprint density at radius 3 is 1.87 bits per heavy atom. The minimum absolute atomic E-state index is 0.0355. The van der Waals surface area contributed by atoms with Crippen molar-refractivity contribution in [3.63, 3.8) is 0 Å². The van der Waals surface area contributed by atoms with E-state index >= 15 is 0 Å². The van der Waals surface area contributed by atoms with Crippen LogP contribution < -0.4 is 5.73 Å². The molecular formula is C12H27NO2. The molecule has 0 aromatic rings. The molecule has 0 aromatic heterocycles. The van der Waals surface area contributed by atoms with Crippen molar-refractivity contribution in [2.75, 3.05) is 19.8 Å². The van der Waals surface area contributed by atoms with Crippen molar-refractivity contribution >= 4 is 0 Å². The topological polar surface area (TPSA) is 44.5 Å². The van der Waals surface area contributed by atoms with Crippen LogP contribution in [0.2, 0.25) is 0 Å². The van der Waals surface area contributed by atoms with Crippen molar-refractivity contribution in [2.24, 2.45) is 5.73 Å². The lowest BCUT2D eigenvalue weighted by molar-refractivity contribution is -0.147. The first-order chi connectivity index (χ1) is 7.35. The van der Waals surface area contributed by atoms with Gasteiger partial charge in [-0.1, -0.05) is 26.7 Å². The van der Waals surface area contributed by atoms with Gasteiger partial charge in [-0.25, -0.2) is 0 Å². The van der Waals surface area contributed by atoms with Gasteiger partial charge in [0, 0.05) is 13.2 Å². The van der Waals surface area contributed by atoms with E-state index in [0.717, 1.165) is 38.9 Å². The zero-order valence-electron chi connectivity index (χ0n) is 10.3. The van der Waals surface area contributed by atoms with Crippen molar-refractivity contribution in [1.82, 2.24) is 0 Å². The predicted octanol–water partition coefficient (Wildman–Crippen LogP) is 2.68. The molecule has 0 amide bonds. The summed E-state index contributed by atoms with van der Waals surface area (Å²) in [5.74, 6) is 0. The van der Waals surface area contributed by atoms with Crippen molar-refractivity contribution in [2.45, 2.75) is 58.7 Å². The molecule has 0 saturated carbocycles. The number of rotatable bonds is 11. The van der Waals surface area contributed by atoms with Gasteiger partial charge in [-0.05, 0) is 32.2 Å². The van der Waals surface area contributed by atoms with Crippen LogP contribution in [0.4, 0.5) is 0 Å². The first-order valence-corrected chi connectivity index (χ1v) is 6.28. The normalized spacial score (nSPS) is 11.2. The van der Waals surface area contributed by atoms with Crippen molar-refractivity contribution < 1.29 is 9.47 Å². The number of hydrogen-bond acceptors (Lipinski definition) is 3. The summed E-state index contributed by atoms with van der Waals surface area (Å²) in [4.78, 5) is 0.